The maximum Gasteiger partial charge on any atom is 0.297 e. The van der Waals surface area contributed by atoms with Crippen molar-refractivity contribution >= 4 is 23.4 Å². The van der Waals surface area contributed by atoms with Crippen molar-refractivity contribution in [3.05, 3.63) is 76.2 Å². The Balaban J connectivity index is 1.58. The number of carbonyl (C=O) groups excluding carboxylic acids is 1. The number of aryl methyl sites for hydroxylation is 1. The minimum Gasteiger partial charge on any atom is -0.325 e. The third-order valence-electron chi connectivity index (χ3n) is 5.46. The highest BCUT2D eigenvalue weighted by Crippen LogP contribution is 2.24. The van der Waals surface area contributed by atoms with Gasteiger partial charge in [0.2, 0.25) is 11.1 Å². The van der Waals surface area contributed by atoms with Crippen LogP contribution in [0.5, 0.6) is 0 Å². The molecule has 2 aromatic heterocycles. The number of hydrogen-bond donors (Lipinski definition) is 1. The molecule has 10 heteroatoms. The van der Waals surface area contributed by atoms with E-state index in [-0.39, 0.29) is 11.5 Å². The number of aromatic nitrogens is 6. The summed E-state index contributed by atoms with van der Waals surface area (Å²) in [5.41, 5.74) is 3.47. The van der Waals surface area contributed by atoms with Crippen LogP contribution in [0, 0.1) is 6.92 Å². The van der Waals surface area contributed by atoms with E-state index in [1.807, 2.05) is 68.6 Å². The maximum absolute atomic E-state index is 13.3. The molecule has 0 aliphatic carbocycles. The molecular weight excluding hydrogens is 438 g/mol. The standard InChI is InChI=1S/C23H25N7O2S/c1-5-17-11-13-18(14-12-17)24-21(31)16(3)33-23-25-26-27-29(23)20-15(2)28(4)30(22(20)32)19-9-7-6-8-10-19/h6-14,16H,5H2,1-4H3,(H,24,31). The minimum absolute atomic E-state index is 0.176. The Kier molecular flexibility index (Phi) is 6.45. The molecule has 9 nitrogen and oxygen atoms in total. The minimum atomic E-state index is -0.485. The van der Waals surface area contributed by atoms with Crippen LogP contribution in [-0.4, -0.2) is 40.7 Å². The molecule has 1 N–H and O–H groups in total. The van der Waals surface area contributed by atoms with Crippen LogP contribution < -0.4 is 10.9 Å². The van der Waals surface area contributed by atoms with Crippen LogP contribution in [-0.2, 0) is 18.3 Å². The Bertz CT molecular complexity index is 1320. The maximum atomic E-state index is 13.3. The summed E-state index contributed by atoms with van der Waals surface area (Å²) in [7, 11) is 1.81. The fourth-order valence-electron chi connectivity index (χ4n) is 3.47. The van der Waals surface area contributed by atoms with E-state index in [9.17, 15) is 9.59 Å². The second kappa shape index (κ2) is 9.45. The van der Waals surface area contributed by atoms with Gasteiger partial charge in [-0.1, -0.05) is 49.0 Å². The number of nitrogens with one attached hydrogen (secondary N) is 1. The summed E-state index contributed by atoms with van der Waals surface area (Å²) >= 11 is 1.19. The third kappa shape index (κ3) is 4.47. The van der Waals surface area contributed by atoms with E-state index in [1.54, 1.807) is 16.3 Å². The quantitative estimate of drug-likeness (QED) is 0.423. The molecule has 0 saturated heterocycles. The van der Waals surface area contributed by atoms with Gasteiger partial charge in [0.1, 0.15) is 0 Å². The van der Waals surface area contributed by atoms with Crippen molar-refractivity contribution in [2.75, 3.05) is 5.32 Å². The number of tetrazole rings is 1. The lowest BCUT2D eigenvalue weighted by molar-refractivity contribution is -0.115. The average molecular weight is 464 g/mol. The zero-order chi connectivity index (χ0) is 23.5. The molecule has 0 spiro atoms. The Morgan fingerprint density at radius 1 is 1.12 bits per heavy atom. The van der Waals surface area contributed by atoms with Crippen LogP contribution in [0.15, 0.2) is 64.5 Å². The summed E-state index contributed by atoms with van der Waals surface area (Å²) in [4.78, 5) is 26.1. The number of thioether (sulfide) groups is 1. The summed E-state index contributed by atoms with van der Waals surface area (Å²) in [5.74, 6) is -0.176. The molecule has 2 aromatic carbocycles. The molecule has 1 atom stereocenters. The van der Waals surface area contributed by atoms with Crippen molar-refractivity contribution in [1.82, 2.24) is 29.6 Å². The first-order valence-corrected chi connectivity index (χ1v) is 11.5. The van der Waals surface area contributed by atoms with Gasteiger partial charge in [0.25, 0.3) is 5.56 Å². The van der Waals surface area contributed by atoms with Crippen LogP contribution in [0.25, 0.3) is 11.4 Å². The predicted octanol–water partition coefficient (Wildman–Crippen LogP) is 3.14. The number of rotatable bonds is 7. The first-order chi connectivity index (χ1) is 15.9. The summed E-state index contributed by atoms with van der Waals surface area (Å²) < 4.78 is 4.73. The van der Waals surface area contributed by atoms with E-state index in [0.29, 0.717) is 16.5 Å². The van der Waals surface area contributed by atoms with Crippen molar-refractivity contribution < 1.29 is 4.79 Å². The molecule has 33 heavy (non-hydrogen) atoms. The number of amides is 1. The summed E-state index contributed by atoms with van der Waals surface area (Å²) in [6, 6.07) is 17.1. The van der Waals surface area contributed by atoms with Gasteiger partial charge in [-0.25, -0.2) is 4.68 Å². The van der Waals surface area contributed by atoms with Gasteiger partial charge in [0, 0.05) is 12.7 Å². The molecule has 0 aliphatic rings. The number of carbonyl (C=O) groups is 1. The summed E-state index contributed by atoms with van der Waals surface area (Å²) in [6.07, 6.45) is 0.939. The lowest BCUT2D eigenvalue weighted by Crippen LogP contribution is -2.24. The Morgan fingerprint density at radius 2 is 1.82 bits per heavy atom. The molecular formula is C23H25N7O2S. The van der Waals surface area contributed by atoms with Crippen molar-refractivity contribution in [3.63, 3.8) is 0 Å². The lowest BCUT2D eigenvalue weighted by atomic mass is 10.1. The fraction of sp³-hybridized carbons (Fsp3) is 0.261. The lowest BCUT2D eigenvalue weighted by Gasteiger charge is -2.11. The molecule has 0 bridgehead atoms. The van der Waals surface area contributed by atoms with Gasteiger partial charge >= 0.3 is 0 Å². The van der Waals surface area contributed by atoms with Gasteiger partial charge < -0.3 is 5.32 Å². The number of para-hydroxylation sites is 1. The molecule has 0 saturated carbocycles. The number of hydrogen-bond acceptors (Lipinski definition) is 6. The van der Waals surface area contributed by atoms with E-state index in [4.69, 9.17) is 0 Å². The predicted molar refractivity (Wildman–Crippen MR) is 128 cm³/mol. The van der Waals surface area contributed by atoms with Gasteiger partial charge in [0.15, 0.2) is 5.69 Å². The number of nitrogens with zero attached hydrogens (tertiary/aromatic N) is 6. The van der Waals surface area contributed by atoms with E-state index in [2.05, 4.69) is 27.8 Å². The first kappa shape index (κ1) is 22.5. The van der Waals surface area contributed by atoms with Crippen LogP contribution in [0.2, 0.25) is 0 Å². The number of benzene rings is 2. The molecule has 0 radical (unpaired) electrons. The van der Waals surface area contributed by atoms with Gasteiger partial charge in [-0.2, -0.15) is 4.68 Å². The van der Waals surface area contributed by atoms with E-state index < -0.39 is 5.25 Å². The topological polar surface area (TPSA) is 99.6 Å². The molecule has 0 aliphatic heterocycles. The summed E-state index contributed by atoms with van der Waals surface area (Å²) in [6.45, 7) is 5.70. The van der Waals surface area contributed by atoms with Crippen LogP contribution >= 0.6 is 11.8 Å². The highest BCUT2D eigenvalue weighted by atomic mass is 32.2. The first-order valence-electron chi connectivity index (χ1n) is 10.6. The molecule has 170 valence electrons. The zero-order valence-electron chi connectivity index (χ0n) is 18.9. The second-order valence-electron chi connectivity index (χ2n) is 7.58. The number of anilines is 1. The molecule has 1 amide bonds. The monoisotopic (exact) mass is 463 g/mol. The zero-order valence-corrected chi connectivity index (χ0v) is 19.7. The van der Waals surface area contributed by atoms with Crippen LogP contribution in [0.4, 0.5) is 5.69 Å². The smallest absolute Gasteiger partial charge is 0.297 e. The molecule has 4 rings (SSSR count). The Hall–Kier alpha value is -3.66. The van der Waals surface area contributed by atoms with Crippen LogP contribution in [0.1, 0.15) is 25.1 Å². The molecule has 4 aromatic rings. The van der Waals surface area contributed by atoms with Crippen molar-refractivity contribution in [2.24, 2.45) is 7.05 Å². The van der Waals surface area contributed by atoms with Crippen molar-refractivity contribution in [1.29, 1.82) is 0 Å². The molecule has 0 fully saturated rings. The van der Waals surface area contributed by atoms with Gasteiger partial charge in [-0.15, -0.1) is 5.10 Å². The Morgan fingerprint density at radius 3 is 2.48 bits per heavy atom. The van der Waals surface area contributed by atoms with Crippen molar-refractivity contribution in [3.8, 4) is 11.4 Å². The fourth-order valence-corrected chi connectivity index (χ4v) is 4.26. The van der Waals surface area contributed by atoms with Crippen molar-refractivity contribution in [2.45, 2.75) is 37.6 Å². The largest absolute Gasteiger partial charge is 0.325 e. The summed E-state index contributed by atoms with van der Waals surface area (Å²) in [5, 5.41) is 14.7. The van der Waals surface area contributed by atoms with Gasteiger partial charge in [-0.3, -0.25) is 14.3 Å². The van der Waals surface area contributed by atoms with Gasteiger partial charge in [-0.05, 0) is 60.5 Å². The van der Waals surface area contributed by atoms with E-state index in [0.717, 1.165) is 17.8 Å². The average Bonchev–Trinajstić information content (AvgIpc) is 3.36. The van der Waals surface area contributed by atoms with E-state index >= 15 is 0 Å². The SMILES string of the molecule is CCc1ccc(NC(=O)C(C)Sc2nnnn2-c2c(C)n(C)n(-c3ccccc3)c2=O)cc1. The van der Waals surface area contributed by atoms with E-state index in [1.165, 1.54) is 22.0 Å². The molecule has 1 unspecified atom stereocenters. The Labute approximate surface area is 195 Å². The highest BCUT2D eigenvalue weighted by molar-refractivity contribution is 8.00. The second-order valence-corrected chi connectivity index (χ2v) is 8.89. The third-order valence-corrected chi connectivity index (χ3v) is 6.49. The van der Waals surface area contributed by atoms with Crippen LogP contribution in [0.3, 0.4) is 0 Å². The molecule has 2 heterocycles. The van der Waals surface area contributed by atoms with Gasteiger partial charge in [0.05, 0.1) is 16.6 Å². The normalized spacial score (nSPS) is 12.0. The highest BCUT2D eigenvalue weighted by Gasteiger charge is 2.24.